The van der Waals surface area contributed by atoms with E-state index < -0.39 is 5.97 Å². The van der Waals surface area contributed by atoms with E-state index in [0.717, 1.165) is 25.7 Å². The third-order valence-corrected chi connectivity index (χ3v) is 3.52. The smallest absolute Gasteiger partial charge is 0.306 e. The lowest BCUT2D eigenvalue weighted by Crippen LogP contribution is -2.38. The molecule has 0 spiro atoms. The molecule has 14 heavy (non-hydrogen) atoms. The highest BCUT2D eigenvalue weighted by Crippen LogP contribution is 2.40. The molecule has 1 heterocycles. The molecule has 2 fully saturated rings. The molecule has 0 aromatic heterocycles. The van der Waals surface area contributed by atoms with Crippen LogP contribution in [0.25, 0.3) is 0 Å². The Morgan fingerprint density at radius 2 is 2.14 bits per heavy atom. The molecule has 0 aromatic rings. The second kappa shape index (κ2) is 3.55. The van der Waals surface area contributed by atoms with Gasteiger partial charge in [-0.05, 0) is 25.2 Å². The predicted octanol–water partition coefficient (Wildman–Crippen LogP) is 1.24. The summed E-state index contributed by atoms with van der Waals surface area (Å²) in [7, 11) is 0. The summed E-state index contributed by atoms with van der Waals surface area (Å²) in [5.41, 5.74) is 0. The molecule has 1 aliphatic carbocycles. The Balaban J connectivity index is 2.13. The minimum Gasteiger partial charge on any atom is -0.481 e. The van der Waals surface area contributed by atoms with Gasteiger partial charge >= 0.3 is 5.97 Å². The number of nitrogens with zero attached hydrogens (tertiary/aromatic N) is 2. The van der Waals surface area contributed by atoms with Crippen LogP contribution in [0, 0.1) is 16.7 Å². The van der Waals surface area contributed by atoms with E-state index in [0.29, 0.717) is 6.54 Å². The Labute approximate surface area is 82.0 Å². The Morgan fingerprint density at radius 1 is 1.36 bits per heavy atom. The highest BCUT2D eigenvalue weighted by molar-refractivity contribution is 5.70. The molecule has 5 nitrogen and oxygen atoms in total. The van der Waals surface area contributed by atoms with Crippen molar-refractivity contribution < 1.29 is 9.90 Å². The Bertz CT molecular complexity index is 256. The normalized spacial score (nSPS) is 36.6. The fraction of sp³-hybridized carbons (Fsp3) is 0.889. The second-order valence-electron chi connectivity index (χ2n) is 4.14. The summed E-state index contributed by atoms with van der Waals surface area (Å²) in [6.45, 7) is 0.628. The molecular formula is C9H14N2O3. The van der Waals surface area contributed by atoms with Crippen molar-refractivity contribution in [1.82, 2.24) is 5.01 Å². The van der Waals surface area contributed by atoms with Crippen LogP contribution >= 0.6 is 0 Å². The van der Waals surface area contributed by atoms with Crippen LogP contribution < -0.4 is 0 Å². The molecule has 2 aliphatic rings. The van der Waals surface area contributed by atoms with E-state index in [2.05, 4.69) is 5.29 Å². The lowest BCUT2D eigenvalue weighted by atomic mass is 9.76. The SMILES string of the molecule is O=NN1CCC2C(C(=O)O)CCCC21. The van der Waals surface area contributed by atoms with Gasteiger partial charge in [-0.15, -0.1) is 4.91 Å². The van der Waals surface area contributed by atoms with Crippen LogP contribution in [0.2, 0.25) is 0 Å². The Morgan fingerprint density at radius 3 is 2.79 bits per heavy atom. The standard InChI is InChI=1S/C9H14N2O3/c12-9(13)7-2-1-3-8-6(7)4-5-11(8)10-14/h6-8H,1-5H2,(H,12,13). The van der Waals surface area contributed by atoms with E-state index in [1.807, 2.05) is 0 Å². The van der Waals surface area contributed by atoms with E-state index in [4.69, 9.17) is 5.11 Å². The topological polar surface area (TPSA) is 70.0 Å². The van der Waals surface area contributed by atoms with Gasteiger partial charge in [0, 0.05) is 6.54 Å². The van der Waals surface area contributed by atoms with Gasteiger partial charge in [0.15, 0.2) is 0 Å². The maximum absolute atomic E-state index is 11.0. The molecule has 3 unspecified atom stereocenters. The van der Waals surface area contributed by atoms with Crippen LogP contribution in [-0.2, 0) is 4.79 Å². The number of aliphatic carboxylic acids is 1. The van der Waals surface area contributed by atoms with Crippen LogP contribution in [0.15, 0.2) is 5.29 Å². The van der Waals surface area contributed by atoms with Crippen molar-refractivity contribution in [1.29, 1.82) is 0 Å². The molecule has 0 aromatic carbocycles. The number of nitroso groups, excluding NO2 is 1. The summed E-state index contributed by atoms with van der Waals surface area (Å²) in [4.78, 5) is 21.4. The number of carboxylic acid groups (broad SMARTS) is 1. The molecule has 1 N–H and O–H groups in total. The lowest BCUT2D eigenvalue weighted by molar-refractivity contribution is -0.145. The summed E-state index contributed by atoms with van der Waals surface area (Å²) in [6.07, 6.45) is 3.36. The van der Waals surface area contributed by atoms with Gasteiger partial charge in [-0.1, -0.05) is 6.42 Å². The van der Waals surface area contributed by atoms with Crippen molar-refractivity contribution in [2.45, 2.75) is 31.7 Å². The van der Waals surface area contributed by atoms with Gasteiger partial charge in [-0.3, -0.25) is 9.80 Å². The number of hydrogen-bond donors (Lipinski definition) is 1. The van der Waals surface area contributed by atoms with E-state index >= 15 is 0 Å². The van der Waals surface area contributed by atoms with Gasteiger partial charge < -0.3 is 5.11 Å². The van der Waals surface area contributed by atoms with E-state index in [1.54, 1.807) is 0 Å². The highest BCUT2D eigenvalue weighted by atomic mass is 16.4. The fourth-order valence-electron chi connectivity index (χ4n) is 2.86. The molecule has 3 atom stereocenters. The molecule has 1 aliphatic heterocycles. The highest BCUT2D eigenvalue weighted by Gasteiger charge is 2.44. The van der Waals surface area contributed by atoms with Crippen molar-refractivity contribution in [3.8, 4) is 0 Å². The maximum Gasteiger partial charge on any atom is 0.306 e. The number of fused-ring (bicyclic) bond motifs is 1. The molecule has 0 amide bonds. The maximum atomic E-state index is 11.0. The molecule has 1 saturated heterocycles. The van der Waals surface area contributed by atoms with Crippen LogP contribution in [0.4, 0.5) is 0 Å². The van der Waals surface area contributed by atoms with E-state index in [-0.39, 0.29) is 17.9 Å². The zero-order valence-corrected chi connectivity index (χ0v) is 7.93. The van der Waals surface area contributed by atoms with Crippen LogP contribution in [0.5, 0.6) is 0 Å². The van der Waals surface area contributed by atoms with Gasteiger partial charge in [0.05, 0.1) is 17.2 Å². The minimum absolute atomic E-state index is 0.0855. The monoisotopic (exact) mass is 198 g/mol. The predicted molar refractivity (Wildman–Crippen MR) is 49.4 cm³/mol. The van der Waals surface area contributed by atoms with Crippen LogP contribution in [-0.4, -0.2) is 28.7 Å². The first-order valence-electron chi connectivity index (χ1n) is 5.06. The molecular weight excluding hydrogens is 184 g/mol. The number of hydrogen-bond acceptors (Lipinski definition) is 3. The van der Waals surface area contributed by atoms with Crippen molar-refractivity contribution in [2.24, 2.45) is 17.1 Å². The summed E-state index contributed by atoms with van der Waals surface area (Å²) in [5.74, 6) is -0.841. The summed E-state index contributed by atoms with van der Waals surface area (Å²) in [6, 6.07) is 0.0855. The van der Waals surface area contributed by atoms with Crippen molar-refractivity contribution in [2.75, 3.05) is 6.54 Å². The first-order chi connectivity index (χ1) is 6.74. The largest absolute Gasteiger partial charge is 0.481 e. The van der Waals surface area contributed by atoms with E-state index in [9.17, 15) is 9.70 Å². The molecule has 0 radical (unpaired) electrons. The molecule has 1 saturated carbocycles. The van der Waals surface area contributed by atoms with Gasteiger partial charge in [0.25, 0.3) is 0 Å². The third kappa shape index (κ3) is 1.36. The van der Waals surface area contributed by atoms with Crippen molar-refractivity contribution in [3.05, 3.63) is 4.91 Å². The van der Waals surface area contributed by atoms with Crippen LogP contribution in [0.3, 0.4) is 0 Å². The number of carboxylic acids is 1. The molecule has 2 rings (SSSR count). The van der Waals surface area contributed by atoms with Gasteiger partial charge in [-0.2, -0.15) is 0 Å². The molecule has 0 bridgehead atoms. The average Bonchev–Trinajstić information content (AvgIpc) is 2.59. The summed E-state index contributed by atoms with van der Waals surface area (Å²) < 4.78 is 0. The fourth-order valence-corrected chi connectivity index (χ4v) is 2.86. The van der Waals surface area contributed by atoms with Crippen molar-refractivity contribution in [3.63, 3.8) is 0 Å². The summed E-state index contributed by atoms with van der Waals surface area (Å²) >= 11 is 0. The van der Waals surface area contributed by atoms with Gasteiger partial charge in [0.1, 0.15) is 0 Å². The van der Waals surface area contributed by atoms with E-state index in [1.165, 1.54) is 5.01 Å². The number of rotatable bonds is 2. The first-order valence-corrected chi connectivity index (χ1v) is 5.06. The quantitative estimate of drug-likeness (QED) is 0.678. The van der Waals surface area contributed by atoms with Crippen LogP contribution in [0.1, 0.15) is 25.7 Å². The Hall–Kier alpha value is -1.13. The van der Waals surface area contributed by atoms with Gasteiger partial charge in [-0.25, -0.2) is 0 Å². The lowest BCUT2D eigenvalue weighted by Gasteiger charge is -2.32. The first kappa shape index (κ1) is 9.43. The second-order valence-corrected chi connectivity index (χ2v) is 4.14. The zero-order valence-electron chi connectivity index (χ0n) is 7.93. The Kier molecular flexibility index (Phi) is 2.39. The van der Waals surface area contributed by atoms with Crippen molar-refractivity contribution >= 4 is 5.97 Å². The van der Waals surface area contributed by atoms with Gasteiger partial charge in [0.2, 0.25) is 0 Å². The minimum atomic E-state index is -0.715. The summed E-state index contributed by atoms with van der Waals surface area (Å²) in [5, 5.41) is 13.5. The molecule has 5 heteroatoms. The number of carbonyl (C=O) groups is 1. The average molecular weight is 198 g/mol. The zero-order chi connectivity index (χ0) is 10.1. The molecule has 78 valence electrons. The third-order valence-electron chi connectivity index (χ3n) is 3.52.